The molecule has 0 amide bonds. The second-order valence-corrected chi connectivity index (χ2v) is 7.04. The summed E-state index contributed by atoms with van der Waals surface area (Å²) in [6.07, 6.45) is 0.988. The van der Waals surface area contributed by atoms with E-state index in [1.807, 2.05) is 13.8 Å². The zero-order valence-electron chi connectivity index (χ0n) is 13.4. The summed E-state index contributed by atoms with van der Waals surface area (Å²) in [6.45, 7) is 5.28. The maximum atomic E-state index is 12.4. The largest absolute Gasteiger partial charge is 0.491 e. The Labute approximate surface area is 139 Å². The Morgan fingerprint density at radius 3 is 2.38 bits per heavy atom. The normalized spacial score (nSPS) is 11.3. The van der Waals surface area contributed by atoms with Gasteiger partial charge in [-0.25, -0.2) is 13.4 Å². The Kier molecular flexibility index (Phi) is 5.03. The van der Waals surface area contributed by atoms with E-state index in [1.165, 1.54) is 25.1 Å². The molecule has 0 atom stereocenters. The highest BCUT2D eigenvalue weighted by Crippen LogP contribution is 2.22. The zero-order chi connectivity index (χ0) is 17.9. The van der Waals surface area contributed by atoms with E-state index in [9.17, 15) is 18.5 Å². The van der Waals surface area contributed by atoms with Crippen LogP contribution in [0.3, 0.4) is 0 Å². The minimum absolute atomic E-state index is 0.0162. The molecule has 0 fully saturated rings. The molecule has 0 bridgehead atoms. The summed E-state index contributed by atoms with van der Waals surface area (Å²) >= 11 is 0. The van der Waals surface area contributed by atoms with Crippen LogP contribution in [-0.4, -0.2) is 24.4 Å². The van der Waals surface area contributed by atoms with Gasteiger partial charge in [-0.1, -0.05) is 0 Å². The van der Waals surface area contributed by atoms with Crippen molar-refractivity contribution in [2.24, 2.45) is 0 Å². The average Bonchev–Trinajstić information content (AvgIpc) is 2.49. The lowest BCUT2D eigenvalue weighted by molar-refractivity contribution is -0.385. The molecule has 1 aromatic heterocycles. The van der Waals surface area contributed by atoms with Crippen molar-refractivity contribution in [3.05, 3.63) is 52.2 Å². The van der Waals surface area contributed by atoms with Crippen molar-refractivity contribution in [2.45, 2.75) is 31.8 Å². The average molecular weight is 351 g/mol. The maximum absolute atomic E-state index is 12.4. The number of nitrogens with zero attached hydrogens (tertiary/aromatic N) is 2. The maximum Gasteiger partial charge on any atom is 0.287 e. The number of nitro groups is 1. The van der Waals surface area contributed by atoms with E-state index in [4.69, 9.17) is 4.74 Å². The molecule has 0 saturated carbocycles. The molecular weight excluding hydrogens is 334 g/mol. The summed E-state index contributed by atoms with van der Waals surface area (Å²) in [6, 6.07) is 7.21. The van der Waals surface area contributed by atoms with Crippen LogP contribution in [0.4, 0.5) is 11.5 Å². The number of anilines is 1. The molecule has 0 saturated heterocycles. The number of aromatic nitrogens is 1. The molecule has 1 aromatic carbocycles. The minimum Gasteiger partial charge on any atom is -0.491 e. The Bertz CT molecular complexity index is 848. The van der Waals surface area contributed by atoms with Crippen molar-refractivity contribution in [2.75, 3.05) is 4.72 Å². The number of aryl methyl sites for hydroxylation is 1. The summed E-state index contributed by atoms with van der Waals surface area (Å²) < 4.78 is 32.6. The summed E-state index contributed by atoms with van der Waals surface area (Å²) in [7, 11) is -3.85. The van der Waals surface area contributed by atoms with Crippen molar-refractivity contribution in [3.8, 4) is 5.75 Å². The number of benzene rings is 1. The number of hydrogen-bond donors (Lipinski definition) is 1. The fourth-order valence-electron chi connectivity index (χ4n) is 1.92. The SMILES string of the molecule is Cc1cc([N+](=O)[O-])cnc1NS(=O)(=O)c1ccc(OC(C)C)cc1. The van der Waals surface area contributed by atoms with Crippen LogP contribution in [-0.2, 0) is 10.0 Å². The van der Waals surface area contributed by atoms with Gasteiger partial charge in [0.15, 0.2) is 0 Å². The van der Waals surface area contributed by atoms with Crippen molar-refractivity contribution in [3.63, 3.8) is 0 Å². The number of hydrogen-bond acceptors (Lipinski definition) is 6. The quantitative estimate of drug-likeness (QED) is 0.632. The topological polar surface area (TPSA) is 111 Å². The second kappa shape index (κ2) is 6.83. The van der Waals surface area contributed by atoms with Gasteiger partial charge in [0.25, 0.3) is 15.7 Å². The Morgan fingerprint density at radius 2 is 1.88 bits per heavy atom. The molecule has 0 radical (unpaired) electrons. The number of pyridine rings is 1. The Balaban J connectivity index is 2.23. The molecule has 9 heteroatoms. The molecule has 0 unspecified atom stereocenters. The van der Waals surface area contributed by atoms with Gasteiger partial charge in [-0.15, -0.1) is 0 Å². The lowest BCUT2D eigenvalue weighted by Gasteiger charge is -2.12. The first-order valence-electron chi connectivity index (χ1n) is 7.09. The molecule has 2 rings (SSSR count). The zero-order valence-corrected chi connectivity index (χ0v) is 14.2. The standard InChI is InChI=1S/C15H17N3O5S/c1-10(2)23-13-4-6-14(7-5-13)24(21,22)17-15-11(3)8-12(9-16-15)18(19)20/h4-10H,1-3H3,(H,16,17). The van der Waals surface area contributed by atoms with Crippen molar-refractivity contribution in [1.29, 1.82) is 0 Å². The van der Waals surface area contributed by atoms with E-state index in [-0.39, 0.29) is 22.5 Å². The van der Waals surface area contributed by atoms with Gasteiger partial charge in [0.2, 0.25) is 0 Å². The molecular formula is C15H17N3O5S. The third-order valence-electron chi connectivity index (χ3n) is 3.01. The summed E-state index contributed by atoms with van der Waals surface area (Å²) in [5.41, 5.74) is 0.151. The monoisotopic (exact) mass is 351 g/mol. The summed E-state index contributed by atoms with van der Waals surface area (Å²) in [5.74, 6) is 0.608. The van der Waals surface area contributed by atoms with Crippen LogP contribution in [0, 0.1) is 17.0 Å². The minimum atomic E-state index is -3.85. The van der Waals surface area contributed by atoms with Gasteiger partial charge in [-0.2, -0.15) is 0 Å². The van der Waals surface area contributed by atoms with Crippen LogP contribution in [0.2, 0.25) is 0 Å². The molecule has 0 aliphatic rings. The Hall–Kier alpha value is -2.68. The van der Waals surface area contributed by atoms with E-state index in [0.717, 1.165) is 6.20 Å². The predicted octanol–water partition coefficient (Wildman–Crippen LogP) is 2.89. The highest BCUT2D eigenvalue weighted by atomic mass is 32.2. The van der Waals surface area contributed by atoms with E-state index in [0.29, 0.717) is 11.3 Å². The van der Waals surface area contributed by atoms with Crippen LogP contribution in [0.25, 0.3) is 0 Å². The first-order valence-corrected chi connectivity index (χ1v) is 8.58. The van der Waals surface area contributed by atoms with Gasteiger partial charge in [0.05, 0.1) is 15.9 Å². The van der Waals surface area contributed by atoms with Crippen LogP contribution in [0.1, 0.15) is 19.4 Å². The molecule has 0 aliphatic heterocycles. The summed E-state index contributed by atoms with van der Waals surface area (Å²) in [5, 5.41) is 10.7. The smallest absolute Gasteiger partial charge is 0.287 e. The Morgan fingerprint density at radius 1 is 1.25 bits per heavy atom. The number of nitrogens with one attached hydrogen (secondary N) is 1. The highest BCUT2D eigenvalue weighted by molar-refractivity contribution is 7.92. The van der Waals surface area contributed by atoms with Gasteiger partial charge in [0.1, 0.15) is 17.8 Å². The molecule has 24 heavy (non-hydrogen) atoms. The van der Waals surface area contributed by atoms with Crippen LogP contribution >= 0.6 is 0 Å². The molecule has 1 N–H and O–H groups in total. The van der Waals surface area contributed by atoms with Crippen LogP contribution < -0.4 is 9.46 Å². The lowest BCUT2D eigenvalue weighted by atomic mass is 10.3. The van der Waals surface area contributed by atoms with Crippen LogP contribution in [0.15, 0.2) is 41.4 Å². The molecule has 128 valence electrons. The predicted molar refractivity (Wildman–Crippen MR) is 88.6 cm³/mol. The fraction of sp³-hybridized carbons (Fsp3) is 0.267. The van der Waals surface area contributed by atoms with E-state index >= 15 is 0 Å². The first kappa shape index (κ1) is 17.7. The molecule has 8 nitrogen and oxygen atoms in total. The molecule has 0 aliphatic carbocycles. The van der Waals surface area contributed by atoms with Crippen molar-refractivity contribution < 1.29 is 18.1 Å². The number of sulfonamides is 1. The van der Waals surface area contributed by atoms with E-state index in [2.05, 4.69) is 9.71 Å². The van der Waals surface area contributed by atoms with Crippen molar-refractivity contribution >= 4 is 21.5 Å². The van der Waals surface area contributed by atoms with Gasteiger partial charge < -0.3 is 4.74 Å². The fourth-order valence-corrected chi connectivity index (χ4v) is 3.00. The van der Waals surface area contributed by atoms with Crippen LogP contribution in [0.5, 0.6) is 5.75 Å². The van der Waals surface area contributed by atoms with Gasteiger partial charge in [0, 0.05) is 6.07 Å². The van der Waals surface area contributed by atoms with Gasteiger partial charge in [-0.05, 0) is 50.6 Å². The van der Waals surface area contributed by atoms with Gasteiger partial charge >= 0.3 is 0 Å². The van der Waals surface area contributed by atoms with Crippen molar-refractivity contribution in [1.82, 2.24) is 4.98 Å². The second-order valence-electron chi connectivity index (χ2n) is 5.36. The number of rotatable bonds is 6. The molecule has 1 heterocycles. The van der Waals surface area contributed by atoms with E-state index in [1.54, 1.807) is 12.1 Å². The highest BCUT2D eigenvalue weighted by Gasteiger charge is 2.18. The first-order chi connectivity index (χ1) is 11.2. The summed E-state index contributed by atoms with van der Waals surface area (Å²) in [4.78, 5) is 14.0. The molecule has 2 aromatic rings. The third kappa shape index (κ3) is 4.19. The third-order valence-corrected chi connectivity index (χ3v) is 4.37. The van der Waals surface area contributed by atoms with Gasteiger partial charge in [-0.3, -0.25) is 14.8 Å². The van der Waals surface area contributed by atoms with E-state index < -0.39 is 14.9 Å². The lowest BCUT2D eigenvalue weighted by Crippen LogP contribution is -2.15. The number of ether oxygens (including phenoxy) is 1. The molecule has 0 spiro atoms.